The van der Waals surface area contributed by atoms with Crippen molar-refractivity contribution in [3.05, 3.63) is 23.3 Å². The van der Waals surface area contributed by atoms with Gasteiger partial charge < -0.3 is 104 Å². The summed E-state index contributed by atoms with van der Waals surface area (Å²) in [7, 11) is 0. The summed E-state index contributed by atoms with van der Waals surface area (Å²) in [5.74, 6) is -4.97. The van der Waals surface area contributed by atoms with Crippen LogP contribution in [-0.2, 0) is 52.3 Å². The molecule has 80 heavy (non-hydrogen) atoms. The highest BCUT2D eigenvalue weighted by Crippen LogP contribution is 2.76. The number of ether oxygens (including phenoxy) is 8. The second-order valence-corrected chi connectivity index (χ2v) is 26.1. The Morgan fingerprint density at radius 3 is 1.82 bits per heavy atom. The van der Waals surface area contributed by atoms with Crippen molar-refractivity contribution in [3.8, 4) is 0 Å². The average molecular weight is 1150 g/mol. The fourth-order valence-corrected chi connectivity index (χ4v) is 16.2. The van der Waals surface area contributed by atoms with Crippen molar-refractivity contribution in [3.63, 3.8) is 0 Å². The summed E-state index contributed by atoms with van der Waals surface area (Å²) in [6.07, 6.45) is -27.1. The predicted octanol–water partition coefficient (Wildman–Crippen LogP) is -1.08. The van der Waals surface area contributed by atoms with Crippen LogP contribution >= 0.6 is 0 Å². The van der Waals surface area contributed by atoms with E-state index in [4.69, 9.17) is 37.9 Å². The number of carbonyl (C=O) groups excluding carboxylic acids is 2. The van der Waals surface area contributed by atoms with Crippen LogP contribution in [-0.4, -0.2) is 227 Å². The van der Waals surface area contributed by atoms with Crippen molar-refractivity contribution in [2.75, 3.05) is 26.4 Å². The molecule has 8 aliphatic rings. The van der Waals surface area contributed by atoms with Crippen LogP contribution < -0.4 is 0 Å². The molecular formula is C56H88O24. The van der Waals surface area contributed by atoms with E-state index in [-0.39, 0.29) is 24.7 Å². The molecule has 0 radical (unpaired) electrons. The lowest BCUT2D eigenvalue weighted by atomic mass is 9.32. The molecule has 456 valence electrons. The lowest BCUT2D eigenvalue weighted by Gasteiger charge is -2.73. The summed E-state index contributed by atoms with van der Waals surface area (Å²) >= 11 is 0. The zero-order valence-corrected chi connectivity index (χ0v) is 47.3. The van der Waals surface area contributed by atoms with Crippen LogP contribution in [0.5, 0.6) is 0 Å². The molecule has 8 rings (SSSR count). The predicted molar refractivity (Wildman–Crippen MR) is 274 cm³/mol. The van der Waals surface area contributed by atoms with Crippen LogP contribution in [0.25, 0.3) is 0 Å². The number of allylic oxidation sites excluding steroid dienone is 2. The molecule has 4 saturated carbocycles. The van der Waals surface area contributed by atoms with Crippen molar-refractivity contribution >= 4 is 17.9 Å². The molecule has 0 bridgehead atoms. The van der Waals surface area contributed by atoms with Gasteiger partial charge in [0.05, 0.1) is 56.1 Å². The van der Waals surface area contributed by atoms with E-state index < -0.39 is 205 Å². The number of hydrogen-bond donors (Lipinski definition) is 13. The third-order valence-electron chi connectivity index (χ3n) is 21.2. The lowest BCUT2D eigenvalue weighted by Crippen LogP contribution is -2.76. The number of carbonyl (C=O) groups is 3. The largest absolute Gasteiger partial charge is 0.479 e. The maximum absolute atomic E-state index is 13.7. The number of rotatable bonds is 15. The monoisotopic (exact) mass is 1140 g/mol. The summed E-state index contributed by atoms with van der Waals surface area (Å²) in [6.45, 7) is 15.5. The summed E-state index contributed by atoms with van der Waals surface area (Å²) in [5, 5.41) is 146. The second-order valence-electron chi connectivity index (χ2n) is 26.1. The van der Waals surface area contributed by atoms with Crippen molar-refractivity contribution in [1.29, 1.82) is 0 Å². The molecule has 24 nitrogen and oxygen atoms in total. The zero-order valence-electron chi connectivity index (χ0n) is 47.3. The van der Waals surface area contributed by atoms with Gasteiger partial charge in [-0.3, -0.25) is 4.79 Å². The van der Waals surface area contributed by atoms with Gasteiger partial charge in [-0.2, -0.15) is 0 Å². The quantitative estimate of drug-likeness (QED) is 0.0402. The molecule has 0 aromatic heterocycles. The molecule has 5 aliphatic carbocycles. The Morgan fingerprint density at radius 1 is 0.688 bits per heavy atom. The molecule has 0 spiro atoms. The first kappa shape index (κ1) is 63.2. The zero-order chi connectivity index (χ0) is 59.3. The topological polar surface area (TPSA) is 388 Å². The minimum atomic E-state index is -2.17. The first-order valence-corrected chi connectivity index (χ1v) is 28.1. The molecular weight excluding hydrogens is 1060 g/mol. The van der Waals surface area contributed by atoms with Gasteiger partial charge >= 0.3 is 17.9 Å². The normalized spacial score (nSPS) is 50.1. The van der Waals surface area contributed by atoms with Crippen LogP contribution in [0.1, 0.15) is 108 Å². The van der Waals surface area contributed by atoms with E-state index in [9.17, 15) is 80.8 Å². The van der Waals surface area contributed by atoms with Gasteiger partial charge in [-0.25, -0.2) is 9.59 Å². The summed E-state index contributed by atoms with van der Waals surface area (Å²) < 4.78 is 48.8. The van der Waals surface area contributed by atoms with Crippen molar-refractivity contribution in [2.45, 2.75) is 224 Å². The van der Waals surface area contributed by atoms with E-state index in [1.54, 1.807) is 33.8 Å². The Labute approximate surface area is 465 Å². The Kier molecular flexibility index (Phi) is 18.1. The third-order valence-corrected chi connectivity index (χ3v) is 21.2. The number of aliphatic hydroxyl groups is 12. The van der Waals surface area contributed by atoms with Gasteiger partial charge in [-0.05, 0) is 81.0 Å². The van der Waals surface area contributed by atoms with Gasteiger partial charge in [0.2, 0.25) is 0 Å². The van der Waals surface area contributed by atoms with Crippen molar-refractivity contribution in [1.82, 2.24) is 0 Å². The first-order valence-electron chi connectivity index (χ1n) is 28.1. The highest BCUT2D eigenvalue weighted by molar-refractivity contribution is 5.87. The smallest absolute Gasteiger partial charge is 0.335 e. The van der Waals surface area contributed by atoms with Gasteiger partial charge in [0.25, 0.3) is 0 Å². The molecule has 13 N–H and O–H groups in total. The molecule has 3 heterocycles. The fraction of sp³-hybridized carbons (Fsp3) is 0.875. The SMILES string of the molecule is CC=C(C)C(=O)OC1C(OC(=O)C(C)C)C2(CO)C(CC1(C)C)C1=CCC3C4(C)CCC(OC5OC(C(=O)O)C(O)C(OC6OC(CO)C(O)C6O)C5OC5OC(CO)C(O)C(O)C5O)C(C)(CO)C4CCC3(C)C1(C)C(O)C2O. The van der Waals surface area contributed by atoms with E-state index in [1.807, 2.05) is 27.7 Å². The van der Waals surface area contributed by atoms with Crippen LogP contribution in [0.2, 0.25) is 0 Å². The summed E-state index contributed by atoms with van der Waals surface area (Å²) in [5.41, 5.74) is -5.39. The Hall–Kier alpha value is -2.83. The van der Waals surface area contributed by atoms with Gasteiger partial charge in [-0.1, -0.05) is 73.1 Å². The number of hydrogen-bond acceptors (Lipinski definition) is 23. The minimum absolute atomic E-state index is 0.169. The van der Waals surface area contributed by atoms with Crippen molar-refractivity contribution < 1.29 is 119 Å². The van der Waals surface area contributed by atoms with E-state index in [2.05, 4.69) is 19.9 Å². The molecule has 0 aromatic carbocycles. The Balaban J connectivity index is 1.15. The molecule has 24 heteroatoms. The van der Waals surface area contributed by atoms with Gasteiger partial charge in [-0.15, -0.1) is 0 Å². The Bertz CT molecular complexity index is 2330. The molecule has 3 saturated heterocycles. The molecule has 0 amide bonds. The maximum Gasteiger partial charge on any atom is 0.335 e. The van der Waals surface area contributed by atoms with Crippen LogP contribution in [0.4, 0.5) is 0 Å². The van der Waals surface area contributed by atoms with E-state index >= 15 is 0 Å². The number of carboxylic acids is 1. The molecule has 3 aliphatic heterocycles. The van der Waals surface area contributed by atoms with Crippen LogP contribution in [0, 0.1) is 56.2 Å². The molecule has 0 aromatic rings. The first-order chi connectivity index (χ1) is 37.4. The molecule has 7 fully saturated rings. The molecule has 27 atom stereocenters. The fourth-order valence-electron chi connectivity index (χ4n) is 16.2. The highest BCUT2D eigenvalue weighted by atomic mass is 16.8. The van der Waals surface area contributed by atoms with Crippen LogP contribution in [0.3, 0.4) is 0 Å². The number of carboxylic acid groups (broad SMARTS) is 1. The average Bonchev–Trinajstić information content (AvgIpc) is 2.15. The van der Waals surface area contributed by atoms with Gasteiger partial charge in [0.1, 0.15) is 67.1 Å². The van der Waals surface area contributed by atoms with E-state index in [0.29, 0.717) is 31.3 Å². The standard InChI is InChI=1S/C56H88O24/c1-11-24(4)47(72)79-43-44(80-46(71)23(2)3)56(22-60)26(18-51(43,5)6)25-12-13-30-52(7)16-15-31(53(8,21-59)29(52)14-17-54(30,9)55(25,10)41(67)42(56)68)75-50-40(78-49-36(65)34(63)32(61)27(19-57)73-49)38(37(66)39(77-50)45(69)70)76-48-35(64)33(62)28(20-58)74-48/h11-12,23,26-44,48-50,57-68H,13-22H2,1-10H3,(H,69,70). The second kappa shape index (κ2) is 22.9. The van der Waals surface area contributed by atoms with Crippen LogP contribution in [0.15, 0.2) is 23.3 Å². The molecule has 27 unspecified atom stereocenters. The number of aliphatic carboxylic acids is 1. The third kappa shape index (κ3) is 9.73. The lowest BCUT2D eigenvalue weighted by molar-refractivity contribution is -0.387. The minimum Gasteiger partial charge on any atom is -0.479 e. The maximum atomic E-state index is 13.7. The van der Waals surface area contributed by atoms with E-state index in [0.717, 1.165) is 5.57 Å². The summed E-state index contributed by atoms with van der Waals surface area (Å²) in [4.78, 5) is 40.1. The van der Waals surface area contributed by atoms with E-state index in [1.165, 1.54) is 0 Å². The Morgan fingerprint density at radius 2 is 1.27 bits per heavy atom. The van der Waals surface area contributed by atoms with Gasteiger partial charge in [0.15, 0.2) is 31.1 Å². The van der Waals surface area contributed by atoms with Crippen molar-refractivity contribution in [2.24, 2.45) is 56.2 Å². The highest BCUT2D eigenvalue weighted by Gasteiger charge is 2.77. The number of fused-ring (bicyclic) bond motifs is 7. The summed E-state index contributed by atoms with van der Waals surface area (Å²) in [6, 6.07) is 0. The van der Waals surface area contributed by atoms with Gasteiger partial charge in [0, 0.05) is 21.8 Å². The number of esters is 2. The number of aliphatic hydroxyl groups excluding tert-OH is 12.